The number of hydrogen-bond donors (Lipinski definition) is 3. The highest BCUT2D eigenvalue weighted by atomic mass is 79.9. The lowest BCUT2D eigenvalue weighted by Crippen LogP contribution is -2.47. The van der Waals surface area contributed by atoms with Crippen molar-refractivity contribution in [3.8, 4) is 0 Å². The molecular formula is C20H23BrClN5O3. The number of H-pyrrole nitrogens is 1. The molecule has 8 nitrogen and oxygen atoms in total. The third-order valence-electron chi connectivity index (χ3n) is 4.86. The number of carbonyl (C=O) groups is 3. The molecule has 10 heteroatoms. The van der Waals surface area contributed by atoms with Crippen LogP contribution in [-0.2, 0) is 4.79 Å². The van der Waals surface area contributed by atoms with Gasteiger partial charge in [-0.3, -0.25) is 19.5 Å². The Kier molecular flexibility index (Phi) is 7.49. The number of rotatable bonds is 6. The number of halogens is 2. The highest BCUT2D eigenvalue weighted by Gasteiger charge is 2.29. The largest absolute Gasteiger partial charge is 0.341 e. The van der Waals surface area contributed by atoms with Crippen molar-refractivity contribution >= 4 is 51.1 Å². The summed E-state index contributed by atoms with van der Waals surface area (Å²) in [4.78, 5) is 39.7. The van der Waals surface area contributed by atoms with E-state index in [1.54, 1.807) is 29.2 Å². The highest BCUT2D eigenvalue weighted by molar-refractivity contribution is 9.10. The van der Waals surface area contributed by atoms with Crippen LogP contribution < -0.4 is 10.6 Å². The zero-order chi connectivity index (χ0) is 21.7. The molecule has 1 aromatic heterocycles. The lowest BCUT2D eigenvalue weighted by atomic mass is 10.1. The Labute approximate surface area is 187 Å². The summed E-state index contributed by atoms with van der Waals surface area (Å²) in [7, 11) is 0. The molecule has 30 heavy (non-hydrogen) atoms. The van der Waals surface area contributed by atoms with Crippen LogP contribution in [0.3, 0.4) is 0 Å². The van der Waals surface area contributed by atoms with E-state index in [9.17, 15) is 14.4 Å². The lowest BCUT2D eigenvalue weighted by Gasteiger charge is -2.24. The van der Waals surface area contributed by atoms with Gasteiger partial charge >= 0.3 is 0 Å². The number of nitrogens with zero attached hydrogens (tertiary/aromatic N) is 2. The minimum Gasteiger partial charge on any atom is -0.341 e. The summed E-state index contributed by atoms with van der Waals surface area (Å²) < 4.78 is 0.298. The Balaban J connectivity index is 1.70. The number of benzene rings is 1. The molecule has 3 N–H and O–H groups in total. The molecule has 3 rings (SSSR count). The normalized spacial score (nSPS) is 16.8. The predicted molar refractivity (Wildman–Crippen MR) is 118 cm³/mol. The van der Waals surface area contributed by atoms with Crippen molar-refractivity contribution in [3.63, 3.8) is 0 Å². The molecule has 3 amide bonds. The second-order valence-corrected chi connectivity index (χ2v) is 8.24. The van der Waals surface area contributed by atoms with Crippen molar-refractivity contribution in [1.82, 2.24) is 20.4 Å². The number of aromatic amines is 1. The van der Waals surface area contributed by atoms with Gasteiger partial charge in [0.2, 0.25) is 5.91 Å². The van der Waals surface area contributed by atoms with Crippen LogP contribution in [0.1, 0.15) is 53.5 Å². The molecule has 0 bridgehead atoms. The topological polar surface area (TPSA) is 107 Å². The fraction of sp³-hybridized carbons (Fsp3) is 0.400. The predicted octanol–water partition coefficient (Wildman–Crippen LogP) is 3.60. The monoisotopic (exact) mass is 495 g/mol. The lowest BCUT2D eigenvalue weighted by molar-refractivity contribution is -0.132. The molecule has 2 heterocycles. The van der Waals surface area contributed by atoms with Crippen molar-refractivity contribution in [3.05, 3.63) is 45.0 Å². The van der Waals surface area contributed by atoms with Crippen molar-refractivity contribution in [2.75, 3.05) is 18.4 Å². The fourth-order valence-electron chi connectivity index (χ4n) is 3.34. The third-order valence-corrected chi connectivity index (χ3v) is 5.97. The van der Waals surface area contributed by atoms with Crippen molar-refractivity contribution in [2.45, 2.75) is 38.6 Å². The van der Waals surface area contributed by atoms with Crippen LogP contribution in [0, 0.1) is 0 Å². The summed E-state index contributed by atoms with van der Waals surface area (Å²) in [6.07, 6.45) is 3.24. The molecule has 0 unspecified atom stereocenters. The maximum Gasteiger partial charge on any atom is 0.271 e. The van der Waals surface area contributed by atoms with E-state index in [2.05, 4.69) is 36.8 Å². The van der Waals surface area contributed by atoms with Crippen LogP contribution in [0.25, 0.3) is 0 Å². The average molecular weight is 497 g/mol. The van der Waals surface area contributed by atoms with E-state index >= 15 is 0 Å². The number of aromatic nitrogens is 2. The van der Waals surface area contributed by atoms with E-state index in [0.717, 1.165) is 19.3 Å². The number of hydrogen-bond acceptors (Lipinski definition) is 4. The zero-order valence-electron chi connectivity index (χ0n) is 16.5. The summed E-state index contributed by atoms with van der Waals surface area (Å²) >= 11 is 9.36. The first-order valence-electron chi connectivity index (χ1n) is 9.81. The van der Waals surface area contributed by atoms with Crippen LogP contribution in [0.5, 0.6) is 0 Å². The second kappa shape index (κ2) is 10.1. The van der Waals surface area contributed by atoms with E-state index in [-0.39, 0.29) is 17.4 Å². The summed E-state index contributed by atoms with van der Waals surface area (Å²) in [5.74, 6) is -0.825. The van der Waals surface area contributed by atoms with Gasteiger partial charge in [-0.25, -0.2) is 0 Å². The zero-order valence-corrected chi connectivity index (χ0v) is 18.8. The summed E-state index contributed by atoms with van der Waals surface area (Å²) in [6, 6.07) is 6.04. The van der Waals surface area contributed by atoms with Crippen molar-refractivity contribution in [1.29, 1.82) is 0 Å². The van der Waals surface area contributed by atoms with E-state index in [1.165, 1.54) is 0 Å². The van der Waals surface area contributed by atoms with Crippen LogP contribution >= 0.6 is 27.5 Å². The number of amides is 3. The molecule has 0 radical (unpaired) electrons. The Bertz CT molecular complexity index is 948. The van der Waals surface area contributed by atoms with Gasteiger partial charge in [0.1, 0.15) is 11.7 Å². The van der Waals surface area contributed by atoms with Gasteiger partial charge in [0.05, 0.1) is 15.1 Å². The number of carbonyl (C=O) groups excluding carboxylic acids is 3. The molecule has 160 valence electrons. The quantitative estimate of drug-likeness (QED) is 0.568. The number of likely N-dealkylation sites (tertiary alicyclic amines) is 1. The van der Waals surface area contributed by atoms with Gasteiger partial charge in [0.25, 0.3) is 11.8 Å². The van der Waals surface area contributed by atoms with Crippen LogP contribution in [0.4, 0.5) is 5.82 Å². The SMILES string of the molecule is CCCN1CCCC[C@@H](NC(=O)c2[nH]nc(NC(=O)c3ccccc3Cl)c2Br)C1=O. The summed E-state index contributed by atoms with van der Waals surface area (Å²) in [5, 5.41) is 12.3. The maximum absolute atomic E-state index is 12.8. The van der Waals surface area contributed by atoms with Crippen LogP contribution in [-0.4, -0.2) is 52.0 Å². The molecular weight excluding hydrogens is 474 g/mol. The molecule has 1 atom stereocenters. The fourth-order valence-corrected chi connectivity index (χ4v) is 4.02. The first kappa shape index (κ1) is 22.3. The van der Waals surface area contributed by atoms with E-state index in [0.29, 0.717) is 34.6 Å². The van der Waals surface area contributed by atoms with Gasteiger partial charge < -0.3 is 15.5 Å². The van der Waals surface area contributed by atoms with E-state index < -0.39 is 17.9 Å². The van der Waals surface area contributed by atoms with Gasteiger partial charge in [0.15, 0.2) is 5.82 Å². The van der Waals surface area contributed by atoms with Crippen molar-refractivity contribution < 1.29 is 14.4 Å². The van der Waals surface area contributed by atoms with Gasteiger partial charge in [-0.15, -0.1) is 0 Å². The molecule has 1 aliphatic rings. The minimum atomic E-state index is -0.581. The molecule has 0 aliphatic carbocycles. The Morgan fingerprint density at radius 2 is 2.07 bits per heavy atom. The minimum absolute atomic E-state index is 0.0643. The molecule has 1 saturated heterocycles. The Morgan fingerprint density at radius 3 is 2.80 bits per heavy atom. The van der Waals surface area contributed by atoms with Gasteiger partial charge in [-0.2, -0.15) is 5.10 Å². The molecule has 0 saturated carbocycles. The smallest absolute Gasteiger partial charge is 0.271 e. The van der Waals surface area contributed by atoms with Gasteiger partial charge in [-0.05, 0) is 53.7 Å². The van der Waals surface area contributed by atoms with E-state index in [1.807, 2.05) is 6.92 Å². The summed E-state index contributed by atoms with van der Waals surface area (Å²) in [5.41, 5.74) is 0.420. The highest BCUT2D eigenvalue weighted by Crippen LogP contribution is 2.25. The van der Waals surface area contributed by atoms with Crippen molar-refractivity contribution in [2.24, 2.45) is 0 Å². The van der Waals surface area contributed by atoms with Gasteiger partial charge in [-0.1, -0.05) is 30.7 Å². The van der Waals surface area contributed by atoms with Crippen LogP contribution in [0.2, 0.25) is 5.02 Å². The molecule has 2 aromatic rings. The summed E-state index contributed by atoms with van der Waals surface area (Å²) in [6.45, 7) is 3.41. The van der Waals surface area contributed by atoms with Crippen LogP contribution in [0.15, 0.2) is 28.7 Å². The molecule has 1 aromatic carbocycles. The first-order valence-corrected chi connectivity index (χ1v) is 11.0. The second-order valence-electron chi connectivity index (χ2n) is 7.04. The Morgan fingerprint density at radius 1 is 1.30 bits per heavy atom. The molecule has 1 aliphatic heterocycles. The number of anilines is 1. The Hall–Kier alpha value is -2.39. The molecule has 0 spiro atoms. The van der Waals surface area contributed by atoms with E-state index in [4.69, 9.17) is 11.6 Å². The third kappa shape index (κ3) is 5.02. The first-order chi connectivity index (χ1) is 14.4. The maximum atomic E-state index is 12.8. The number of nitrogens with one attached hydrogen (secondary N) is 3. The molecule has 1 fully saturated rings. The standard InChI is InChI=1S/C20H23BrClN5O3/c1-2-10-27-11-6-5-9-14(20(27)30)23-19(29)16-15(21)17(26-25-16)24-18(28)12-7-3-4-8-13(12)22/h3-4,7-8,14H,2,5-6,9-11H2,1H3,(H,23,29)(H2,24,25,26,28)/t14-/m1/s1. The van der Waals surface area contributed by atoms with Gasteiger partial charge in [0, 0.05) is 13.1 Å². The average Bonchev–Trinajstić information content (AvgIpc) is 3.00.